The number of anilines is 1. The predicted molar refractivity (Wildman–Crippen MR) is 218 cm³/mol. The van der Waals surface area contributed by atoms with Crippen LogP contribution >= 0.6 is 0 Å². The summed E-state index contributed by atoms with van der Waals surface area (Å²) in [7, 11) is -0.367. The number of carbonyl (C=O) groups excluding carboxylic acids is 4. The van der Waals surface area contributed by atoms with Gasteiger partial charge in [-0.1, -0.05) is 75.4 Å². The van der Waals surface area contributed by atoms with Crippen LogP contribution in [0.3, 0.4) is 0 Å². The summed E-state index contributed by atoms with van der Waals surface area (Å²) in [5.41, 5.74) is -0.267. The number of amides is 4. The van der Waals surface area contributed by atoms with Crippen LogP contribution in [0.2, 0.25) is 0 Å². The van der Waals surface area contributed by atoms with Gasteiger partial charge in [0.05, 0.1) is 31.1 Å². The number of fused-ring (bicyclic) bond motifs is 1. The highest BCUT2D eigenvalue weighted by molar-refractivity contribution is 7.91. The van der Waals surface area contributed by atoms with E-state index in [0.717, 1.165) is 9.87 Å². The van der Waals surface area contributed by atoms with Crippen molar-refractivity contribution in [3.8, 4) is 22.8 Å². The average molecular weight is 813 g/mol. The van der Waals surface area contributed by atoms with Crippen molar-refractivity contribution in [3.05, 3.63) is 97.6 Å². The largest absolute Gasteiger partial charge is 0.497 e. The number of pyridine rings is 1. The van der Waals surface area contributed by atoms with Gasteiger partial charge in [0, 0.05) is 42.5 Å². The van der Waals surface area contributed by atoms with Gasteiger partial charge in [-0.05, 0) is 42.5 Å². The monoisotopic (exact) mass is 812 g/mol. The number of nitrogens with one attached hydrogen (secondary N) is 3. The number of hydrogen-bond donors (Lipinski definition) is 3. The summed E-state index contributed by atoms with van der Waals surface area (Å²) in [5, 5.41) is 6.04. The number of benzene rings is 3. The fourth-order valence-corrected chi connectivity index (χ4v) is 8.07. The third-order valence-electron chi connectivity index (χ3n) is 10.5. The first kappa shape index (κ1) is 41.5. The summed E-state index contributed by atoms with van der Waals surface area (Å²) in [6, 6.07) is 22.4. The van der Waals surface area contributed by atoms with E-state index in [4.69, 9.17) is 19.2 Å². The molecule has 4 amide bonds. The number of nitrogens with zero attached hydrogens (tertiary/aromatic N) is 3. The van der Waals surface area contributed by atoms with Crippen molar-refractivity contribution in [3.63, 3.8) is 0 Å². The Balaban J connectivity index is 1.36. The van der Waals surface area contributed by atoms with Crippen LogP contribution in [0.1, 0.15) is 40.0 Å². The second-order valence-electron chi connectivity index (χ2n) is 15.3. The second-order valence-corrected chi connectivity index (χ2v) is 17.0. The molecule has 0 radical (unpaired) electrons. The van der Waals surface area contributed by atoms with Gasteiger partial charge in [0.2, 0.25) is 11.8 Å². The summed E-state index contributed by atoms with van der Waals surface area (Å²) in [6.45, 7) is 9.07. The summed E-state index contributed by atoms with van der Waals surface area (Å²) in [4.78, 5) is 61.9. The highest BCUT2D eigenvalue weighted by atomic mass is 32.2. The minimum Gasteiger partial charge on any atom is -0.497 e. The maximum Gasteiger partial charge on any atom is 0.407 e. The van der Waals surface area contributed by atoms with Crippen molar-refractivity contribution in [2.45, 2.75) is 63.9 Å². The van der Waals surface area contributed by atoms with Crippen LogP contribution in [0.5, 0.6) is 11.5 Å². The average Bonchev–Trinajstić information content (AvgIpc) is 3.78. The SMILES string of the molecule is C=CC1CC1(NC(=O)[C@@H]1CC[C@@H](Oc2cc(-c3ccccc3)nc3cc(OC)ccc23)N1C(=O)[C@H](NC(=O)OC)C(C)(C)C)C(=O)NS(=O)(=O)N(C)c1ccccc1. The molecule has 5 atom stereocenters. The first-order chi connectivity index (χ1) is 27.5. The molecular formula is C42H48N6O9S. The third kappa shape index (κ3) is 8.42. The fourth-order valence-electron chi connectivity index (χ4n) is 7.12. The lowest BCUT2D eigenvalue weighted by atomic mass is 9.85. The van der Waals surface area contributed by atoms with Gasteiger partial charge in [-0.15, -0.1) is 6.58 Å². The smallest absolute Gasteiger partial charge is 0.407 e. The Morgan fingerprint density at radius 3 is 2.26 bits per heavy atom. The molecule has 4 aromatic rings. The van der Waals surface area contributed by atoms with Crippen LogP contribution in [0.25, 0.3) is 22.2 Å². The second kappa shape index (κ2) is 16.4. The van der Waals surface area contributed by atoms with Gasteiger partial charge < -0.3 is 24.8 Å². The number of hydrogen-bond acceptors (Lipinski definition) is 10. The fraction of sp³-hybridized carbons (Fsp3) is 0.357. The summed E-state index contributed by atoms with van der Waals surface area (Å²) < 4.78 is 46.8. The first-order valence-corrected chi connectivity index (χ1v) is 20.1. The predicted octanol–water partition coefficient (Wildman–Crippen LogP) is 4.94. The van der Waals surface area contributed by atoms with E-state index in [1.807, 2.05) is 30.3 Å². The first-order valence-electron chi connectivity index (χ1n) is 18.7. The minimum atomic E-state index is -4.40. The highest BCUT2D eigenvalue weighted by Gasteiger charge is 2.62. The van der Waals surface area contributed by atoms with E-state index >= 15 is 0 Å². The van der Waals surface area contributed by atoms with Crippen molar-refractivity contribution in [1.29, 1.82) is 0 Å². The van der Waals surface area contributed by atoms with Crippen LogP contribution in [-0.4, -0.2) is 87.2 Å². The number of para-hydroxylation sites is 1. The van der Waals surface area contributed by atoms with Gasteiger partial charge in [0.15, 0.2) is 6.23 Å². The van der Waals surface area contributed by atoms with Crippen molar-refractivity contribution < 1.29 is 41.8 Å². The number of rotatable bonds is 13. The highest BCUT2D eigenvalue weighted by Crippen LogP contribution is 2.45. The van der Waals surface area contributed by atoms with E-state index in [0.29, 0.717) is 33.8 Å². The summed E-state index contributed by atoms with van der Waals surface area (Å²) >= 11 is 0. The third-order valence-corrected chi connectivity index (χ3v) is 11.9. The molecule has 58 heavy (non-hydrogen) atoms. The molecule has 6 rings (SSSR count). The molecule has 15 nitrogen and oxygen atoms in total. The van der Waals surface area contributed by atoms with Gasteiger partial charge in [0.1, 0.15) is 29.1 Å². The molecule has 2 aliphatic rings. The molecule has 306 valence electrons. The molecule has 2 unspecified atom stereocenters. The van der Waals surface area contributed by atoms with E-state index < -0.39 is 69.2 Å². The van der Waals surface area contributed by atoms with Crippen LogP contribution in [0.4, 0.5) is 10.5 Å². The molecule has 1 saturated carbocycles. The molecule has 1 aromatic heterocycles. The van der Waals surface area contributed by atoms with Crippen LogP contribution in [0.15, 0.2) is 97.6 Å². The lowest BCUT2D eigenvalue weighted by Gasteiger charge is -2.37. The lowest BCUT2D eigenvalue weighted by molar-refractivity contribution is -0.149. The van der Waals surface area contributed by atoms with Crippen LogP contribution in [-0.2, 0) is 29.3 Å². The van der Waals surface area contributed by atoms with E-state index in [-0.39, 0.29) is 19.3 Å². The van der Waals surface area contributed by atoms with Gasteiger partial charge in [0.25, 0.3) is 5.91 Å². The molecule has 0 spiro atoms. The summed E-state index contributed by atoms with van der Waals surface area (Å²) in [6.07, 6.45) is -0.0617. The topological polar surface area (TPSA) is 186 Å². The van der Waals surface area contributed by atoms with Gasteiger partial charge >= 0.3 is 16.3 Å². The van der Waals surface area contributed by atoms with E-state index in [1.54, 1.807) is 82.5 Å². The Kier molecular flexibility index (Phi) is 11.7. The number of ether oxygens (including phenoxy) is 3. The molecule has 2 heterocycles. The van der Waals surface area contributed by atoms with E-state index in [2.05, 4.69) is 21.9 Å². The zero-order valence-corrected chi connectivity index (χ0v) is 34.0. The molecule has 1 saturated heterocycles. The molecule has 0 bridgehead atoms. The molecule has 2 fully saturated rings. The Morgan fingerprint density at radius 1 is 0.983 bits per heavy atom. The Hall–Kier alpha value is -6.16. The zero-order chi connectivity index (χ0) is 42.0. The van der Waals surface area contributed by atoms with Crippen molar-refractivity contribution in [1.82, 2.24) is 25.2 Å². The standard InChI is InChI=1S/C42H48N6O9S/c1-8-27-25-42(27,39(51)46-58(53,54)47(5)28-17-13-10-14-18-28)45-37(49)33-21-22-35(48(33)38(50)36(41(2,3)4)44-40(52)56-7)57-34-24-31(26-15-11-9-12-16-26)43-32-23-29(55-6)19-20-30(32)34/h8-20,23-24,27,33,35-36H,1,21-22,25H2,2-7H3,(H,44,52)(H,45,49)(H,46,51)/t27?,33-,35+,36-,42?/m0/s1. The molecule has 3 aromatic carbocycles. The molecule has 1 aliphatic heterocycles. The Labute approximate surface area is 337 Å². The van der Waals surface area contributed by atoms with E-state index in [9.17, 15) is 27.6 Å². The van der Waals surface area contributed by atoms with Gasteiger partial charge in [-0.2, -0.15) is 8.42 Å². The Morgan fingerprint density at radius 2 is 1.66 bits per heavy atom. The normalized spacial score (nSPS) is 20.7. The Bertz CT molecular complexity index is 2320. The van der Waals surface area contributed by atoms with E-state index in [1.165, 1.54) is 25.1 Å². The maximum absolute atomic E-state index is 14.8. The number of aromatic nitrogens is 1. The molecule has 1 aliphatic carbocycles. The maximum atomic E-state index is 14.8. The van der Waals surface area contributed by atoms with Crippen LogP contribution in [0, 0.1) is 11.3 Å². The molecule has 16 heteroatoms. The van der Waals surface area contributed by atoms with Crippen LogP contribution < -0.4 is 29.1 Å². The quantitative estimate of drug-likeness (QED) is 0.156. The summed E-state index contributed by atoms with van der Waals surface area (Å²) in [5.74, 6) is -1.96. The van der Waals surface area contributed by atoms with Gasteiger partial charge in [-0.3, -0.25) is 23.6 Å². The number of alkyl carbamates (subject to hydrolysis) is 1. The van der Waals surface area contributed by atoms with Gasteiger partial charge in [-0.25, -0.2) is 14.5 Å². The number of methoxy groups -OCH3 is 2. The zero-order valence-electron chi connectivity index (χ0n) is 33.2. The molecular weight excluding hydrogens is 765 g/mol. The molecule has 3 N–H and O–H groups in total. The van der Waals surface area contributed by atoms with Crippen molar-refractivity contribution >= 4 is 50.6 Å². The number of carbonyl (C=O) groups is 4. The minimum absolute atomic E-state index is 0.0719. The van der Waals surface area contributed by atoms with Crippen molar-refractivity contribution in [2.75, 3.05) is 25.6 Å². The van der Waals surface area contributed by atoms with Crippen molar-refractivity contribution in [2.24, 2.45) is 11.3 Å². The lowest BCUT2D eigenvalue weighted by Crippen LogP contribution is -2.62. The number of likely N-dealkylation sites (tertiary alicyclic amines) is 1.